The Morgan fingerprint density at radius 2 is 1.96 bits per heavy atom. The van der Waals surface area contributed by atoms with E-state index in [1.807, 2.05) is 12.1 Å². The number of carbonyl (C=O) groups is 1. The maximum absolute atomic E-state index is 12.1. The molecule has 2 aromatic carbocycles. The van der Waals surface area contributed by atoms with E-state index >= 15 is 0 Å². The standard InChI is InChI=1S/C19H19N3O/c20-12-14-5-3-8-16(11-14)22-19(23)13-21-18-10-4-7-15-6-1-2-9-17(15)18/h3-5,7-8,10-11,21H,1-2,6,9,13H2,(H,22,23). The average molecular weight is 305 g/mol. The zero-order chi connectivity index (χ0) is 16.1. The number of hydrogen-bond acceptors (Lipinski definition) is 3. The largest absolute Gasteiger partial charge is 0.376 e. The summed E-state index contributed by atoms with van der Waals surface area (Å²) >= 11 is 0. The number of hydrogen-bond donors (Lipinski definition) is 2. The van der Waals surface area contributed by atoms with Crippen molar-refractivity contribution >= 4 is 17.3 Å². The Bertz CT molecular complexity index is 761. The van der Waals surface area contributed by atoms with Crippen molar-refractivity contribution in [2.24, 2.45) is 0 Å². The molecular weight excluding hydrogens is 286 g/mol. The molecule has 4 heteroatoms. The lowest BCUT2D eigenvalue weighted by molar-refractivity contribution is -0.114. The van der Waals surface area contributed by atoms with Crippen LogP contribution in [0.25, 0.3) is 0 Å². The number of nitrogens with one attached hydrogen (secondary N) is 2. The molecule has 3 rings (SSSR count). The van der Waals surface area contributed by atoms with Crippen molar-refractivity contribution in [2.45, 2.75) is 25.7 Å². The van der Waals surface area contributed by atoms with E-state index in [0.717, 1.165) is 18.5 Å². The highest BCUT2D eigenvalue weighted by Crippen LogP contribution is 2.27. The number of carbonyl (C=O) groups excluding carboxylic acids is 1. The zero-order valence-corrected chi connectivity index (χ0v) is 12.9. The lowest BCUT2D eigenvalue weighted by atomic mass is 9.90. The summed E-state index contributed by atoms with van der Waals surface area (Å²) < 4.78 is 0. The van der Waals surface area contributed by atoms with Crippen molar-refractivity contribution in [3.63, 3.8) is 0 Å². The van der Waals surface area contributed by atoms with E-state index in [1.54, 1.807) is 24.3 Å². The normalized spacial score (nSPS) is 12.8. The zero-order valence-electron chi connectivity index (χ0n) is 12.9. The molecule has 0 aliphatic heterocycles. The molecule has 0 heterocycles. The molecule has 0 fully saturated rings. The van der Waals surface area contributed by atoms with Crippen molar-refractivity contribution < 1.29 is 4.79 Å². The highest BCUT2D eigenvalue weighted by atomic mass is 16.1. The van der Waals surface area contributed by atoms with Gasteiger partial charge in [-0.3, -0.25) is 4.79 Å². The summed E-state index contributed by atoms with van der Waals surface area (Å²) in [7, 11) is 0. The van der Waals surface area contributed by atoms with Crippen LogP contribution in [-0.4, -0.2) is 12.5 Å². The van der Waals surface area contributed by atoms with Gasteiger partial charge in [-0.05, 0) is 61.1 Å². The van der Waals surface area contributed by atoms with E-state index in [0.29, 0.717) is 11.3 Å². The first-order valence-corrected chi connectivity index (χ1v) is 7.91. The van der Waals surface area contributed by atoms with E-state index in [9.17, 15) is 4.79 Å². The van der Waals surface area contributed by atoms with Gasteiger partial charge in [0.1, 0.15) is 0 Å². The summed E-state index contributed by atoms with van der Waals surface area (Å²) in [4.78, 5) is 12.1. The molecule has 116 valence electrons. The second-order valence-electron chi connectivity index (χ2n) is 5.74. The molecular formula is C19H19N3O. The van der Waals surface area contributed by atoms with Crippen LogP contribution >= 0.6 is 0 Å². The molecule has 4 nitrogen and oxygen atoms in total. The molecule has 2 aromatic rings. The lowest BCUT2D eigenvalue weighted by Gasteiger charge is -2.20. The molecule has 0 aromatic heterocycles. The highest BCUT2D eigenvalue weighted by molar-refractivity contribution is 5.94. The Labute approximate surface area is 136 Å². The molecule has 0 atom stereocenters. The Balaban J connectivity index is 1.62. The molecule has 0 unspecified atom stereocenters. The van der Waals surface area contributed by atoms with Gasteiger partial charge in [-0.2, -0.15) is 5.26 Å². The van der Waals surface area contributed by atoms with Crippen molar-refractivity contribution in [3.05, 3.63) is 59.2 Å². The fraction of sp³-hybridized carbons (Fsp3) is 0.263. The first-order chi connectivity index (χ1) is 11.3. The number of anilines is 2. The number of aryl methyl sites for hydroxylation is 1. The first kappa shape index (κ1) is 15.1. The summed E-state index contributed by atoms with van der Waals surface area (Å²) in [6, 6.07) is 15.2. The summed E-state index contributed by atoms with van der Waals surface area (Å²) in [5, 5.41) is 14.9. The molecule has 1 amide bonds. The molecule has 0 bridgehead atoms. The molecule has 23 heavy (non-hydrogen) atoms. The fourth-order valence-electron chi connectivity index (χ4n) is 2.99. The Hall–Kier alpha value is -2.80. The van der Waals surface area contributed by atoms with Crippen LogP contribution < -0.4 is 10.6 Å². The SMILES string of the molecule is N#Cc1cccc(NC(=O)CNc2cccc3c2CCCC3)c1. The van der Waals surface area contributed by atoms with Crippen molar-refractivity contribution in [3.8, 4) is 6.07 Å². The Morgan fingerprint density at radius 3 is 2.83 bits per heavy atom. The maximum atomic E-state index is 12.1. The van der Waals surface area contributed by atoms with E-state index in [1.165, 1.54) is 24.0 Å². The van der Waals surface area contributed by atoms with Crippen molar-refractivity contribution in [2.75, 3.05) is 17.2 Å². The molecule has 0 radical (unpaired) electrons. The maximum Gasteiger partial charge on any atom is 0.243 e. The Morgan fingerprint density at radius 1 is 1.13 bits per heavy atom. The second kappa shape index (κ2) is 6.97. The van der Waals surface area contributed by atoms with Gasteiger partial charge in [0.15, 0.2) is 0 Å². The molecule has 0 saturated heterocycles. The Kier molecular flexibility index (Phi) is 4.58. The van der Waals surface area contributed by atoms with E-state index < -0.39 is 0 Å². The van der Waals surface area contributed by atoms with Crippen LogP contribution in [0.5, 0.6) is 0 Å². The molecule has 0 spiro atoms. The van der Waals surface area contributed by atoms with Gasteiger partial charge in [-0.1, -0.05) is 18.2 Å². The third kappa shape index (κ3) is 3.70. The molecule has 1 aliphatic rings. The fourth-order valence-corrected chi connectivity index (χ4v) is 2.99. The highest BCUT2D eigenvalue weighted by Gasteiger charge is 2.13. The molecule has 0 saturated carbocycles. The van der Waals surface area contributed by atoms with Crippen LogP contribution in [0.3, 0.4) is 0 Å². The van der Waals surface area contributed by atoms with E-state index in [4.69, 9.17) is 5.26 Å². The van der Waals surface area contributed by atoms with Gasteiger partial charge in [-0.15, -0.1) is 0 Å². The van der Waals surface area contributed by atoms with Crippen LogP contribution in [0.1, 0.15) is 29.5 Å². The summed E-state index contributed by atoms with van der Waals surface area (Å²) in [5.74, 6) is -0.117. The lowest BCUT2D eigenvalue weighted by Crippen LogP contribution is -2.22. The molecule has 1 aliphatic carbocycles. The smallest absolute Gasteiger partial charge is 0.243 e. The summed E-state index contributed by atoms with van der Waals surface area (Å²) in [6.45, 7) is 0.216. The van der Waals surface area contributed by atoms with Gasteiger partial charge >= 0.3 is 0 Å². The molecule has 2 N–H and O–H groups in total. The minimum atomic E-state index is -0.117. The number of benzene rings is 2. The van der Waals surface area contributed by atoms with Gasteiger partial charge in [0.05, 0.1) is 18.2 Å². The average Bonchev–Trinajstić information content (AvgIpc) is 2.60. The second-order valence-corrected chi connectivity index (χ2v) is 5.74. The van der Waals surface area contributed by atoms with Gasteiger partial charge in [-0.25, -0.2) is 0 Å². The van der Waals surface area contributed by atoms with E-state index in [2.05, 4.69) is 22.8 Å². The van der Waals surface area contributed by atoms with Crippen molar-refractivity contribution in [1.82, 2.24) is 0 Å². The van der Waals surface area contributed by atoms with Crippen LogP contribution in [0, 0.1) is 11.3 Å². The number of rotatable bonds is 4. The number of nitriles is 1. The summed E-state index contributed by atoms with van der Waals surface area (Å²) in [5.41, 5.74) is 4.98. The monoisotopic (exact) mass is 305 g/mol. The predicted molar refractivity (Wildman–Crippen MR) is 91.4 cm³/mol. The number of amides is 1. The third-order valence-corrected chi connectivity index (χ3v) is 4.11. The minimum absolute atomic E-state index is 0.117. The van der Waals surface area contributed by atoms with Crippen LogP contribution in [-0.2, 0) is 17.6 Å². The van der Waals surface area contributed by atoms with Gasteiger partial charge in [0.25, 0.3) is 0 Å². The third-order valence-electron chi connectivity index (χ3n) is 4.11. The summed E-state index contributed by atoms with van der Waals surface area (Å²) in [6.07, 6.45) is 4.65. The van der Waals surface area contributed by atoms with Crippen LogP contribution in [0.4, 0.5) is 11.4 Å². The number of fused-ring (bicyclic) bond motifs is 1. The predicted octanol–water partition coefficient (Wildman–Crippen LogP) is 3.49. The van der Waals surface area contributed by atoms with Crippen LogP contribution in [0.15, 0.2) is 42.5 Å². The topological polar surface area (TPSA) is 64.9 Å². The quantitative estimate of drug-likeness (QED) is 0.908. The van der Waals surface area contributed by atoms with E-state index in [-0.39, 0.29) is 12.5 Å². The minimum Gasteiger partial charge on any atom is -0.376 e. The van der Waals surface area contributed by atoms with Crippen molar-refractivity contribution in [1.29, 1.82) is 5.26 Å². The number of nitrogens with zero attached hydrogens (tertiary/aromatic N) is 1. The van der Waals surface area contributed by atoms with Gasteiger partial charge < -0.3 is 10.6 Å². The van der Waals surface area contributed by atoms with Gasteiger partial charge in [0.2, 0.25) is 5.91 Å². The van der Waals surface area contributed by atoms with Gasteiger partial charge in [0, 0.05) is 11.4 Å². The first-order valence-electron chi connectivity index (χ1n) is 7.91. The van der Waals surface area contributed by atoms with Crippen LogP contribution in [0.2, 0.25) is 0 Å².